The third-order valence-corrected chi connectivity index (χ3v) is 3.95. The van der Waals surface area contributed by atoms with E-state index in [1.807, 2.05) is 0 Å². The van der Waals surface area contributed by atoms with Crippen molar-refractivity contribution < 1.29 is 0 Å². The van der Waals surface area contributed by atoms with Crippen molar-refractivity contribution in [3.63, 3.8) is 0 Å². The van der Waals surface area contributed by atoms with Crippen molar-refractivity contribution in [1.82, 2.24) is 10.2 Å². The lowest BCUT2D eigenvalue weighted by atomic mass is 9.86. The van der Waals surface area contributed by atoms with E-state index in [1.165, 1.54) is 38.9 Å². The van der Waals surface area contributed by atoms with Crippen LogP contribution in [0.2, 0.25) is 0 Å². The number of rotatable bonds is 5. The van der Waals surface area contributed by atoms with Gasteiger partial charge in [-0.3, -0.25) is 0 Å². The van der Waals surface area contributed by atoms with E-state index in [1.54, 1.807) is 0 Å². The average Bonchev–Trinajstić information content (AvgIpc) is 2.26. The smallest absolute Gasteiger partial charge is 0.00479 e. The average molecular weight is 212 g/mol. The Morgan fingerprint density at radius 2 is 1.80 bits per heavy atom. The fourth-order valence-corrected chi connectivity index (χ4v) is 2.36. The zero-order chi connectivity index (χ0) is 11.3. The molecule has 1 fully saturated rings. The molecule has 0 aromatic heterocycles. The summed E-state index contributed by atoms with van der Waals surface area (Å²) in [6.45, 7) is 10.9. The molecule has 1 saturated heterocycles. The largest absolute Gasteiger partial charge is 0.317 e. The predicted octanol–water partition coefficient (Wildman–Crippen LogP) is 2.35. The summed E-state index contributed by atoms with van der Waals surface area (Å²) in [5.74, 6) is 1.85. The third kappa shape index (κ3) is 4.52. The minimum Gasteiger partial charge on any atom is -0.317 e. The molecule has 0 amide bonds. The lowest BCUT2D eigenvalue weighted by Gasteiger charge is -2.34. The van der Waals surface area contributed by atoms with Crippen molar-refractivity contribution in [3.8, 4) is 0 Å². The highest BCUT2D eigenvalue weighted by molar-refractivity contribution is 4.75. The molecule has 1 rings (SSSR count). The molecule has 0 aromatic carbocycles. The highest BCUT2D eigenvalue weighted by Crippen LogP contribution is 2.24. The van der Waals surface area contributed by atoms with Gasteiger partial charge in [0.1, 0.15) is 0 Å². The molecule has 0 radical (unpaired) electrons. The van der Waals surface area contributed by atoms with Crippen LogP contribution in [-0.4, -0.2) is 37.6 Å². The van der Waals surface area contributed by atoms with E-state index in [4.69, 9.17) is 0 Å². The van der Waals surface area contributed by atoms with Gasteiger partial charge in [-0.25, -0.2) is 0 Å². The number of nitrogens with zero attached hydrogens (tertiary/aromatic N) is 1. The molecule has 2 nitrogen and oxygen atoms in total. The summed E-state index contributed by atoms with van der Waals surface area (Å²) in [6, 6.07) is 0.660. The summed E-state index contributed by atoms with van der Waals surface area (Å²) in [7, 11) is 2.05. The molecule has 0 bridgehead atoms. The quantitative estimate of drug-likeness (QED) is 0.752. The fraction of sp³-hybridized carbons (Fsp3) is 1.00. The predicted molar refractivity (Wildman–Crippen MR) is 67.1 cm³/mol. The Morgan fingerprint density at radius 3 is 2.27 bits per heavy atom. The zero-order valence-electron chi connectivity index (χ0n) is 10.9. The molecule has 0 aromatic rings. The molecule has 2 heteroatoms. The zero-order valence-corrected chi connectivity index (χ0v) is 10.9. The van der Waals surface area contributed by atoms with Crippen molar-refractivity contribution in [1.29, 1.82) is 0 Å². The number of piperidine rings is 1. The van der Waals surface area contributed by atoms with Crippen LogP contribution < -0.4 is 5.32 Å². The molecule has 1 aliphatic rings. The second kappa shape index (κ2) is 6.49. The maximum Gasteiger partial charge on any atom is 0.00479 e. The van der Waals surface area contributed by atoms with E-state index in [0.29, 0.717) is 6.04 Å². The van der Waals surface area contributed by atoms with Gasteiger partial charge in [0.2, 0.25) is 0 Å². The van der Waals surface area contributed by atoms with Crippen molar-refractivity contribution in [2.75, 3.05) is 26.7 Å². The summed E-state index contributed by atoms with van der Waals surface area (Å²) < 4.78 is 0. The topological polar surface area (TPSA) is 15.3 Å². The van der Waals surface area contributed by atoms with Gasteiger partial charge in [0, 0.05) is 6.04 Å². The highest BCUT2D eigenvalue weighted by Gasteiger charge is 2.21. The Labute approximate surface area is 95.4 Å². The normalized spacial score (nSPS) is 22.2. The van der Waals surface area contributed by atoms with Crippen LogP contribution in [0.5, 0.6) is 0 Å². The maximum atomic E-state index is 3.30. The Balaban J connectivity index is 2.14. The molecule has 1 atom stereocenters. The minimum atomic E-state index is 0.660. The lowest BCUT2D eigenvalue weighted by Crippen LogP contribution is -2.37. The van der Waals surface area contributed by atoms with Crippen molar-refractivity contribution in [2.24, 2.45) is 11.8 Å². The first-order valence-electron chi connectivity index (χ1n) is 6.53. The molecular formula is C13H28N2. The monoisotopic (exact) mass is 212 g/mol. The summed E-state index contributed by atoms with van der Waals surface area (Å²) in [5.41, 5.74) is 0. The van der Waals surface area contributed by atoms with Gasteiger partial charge < -0.3 is 10.2 Å². The Kier molecular flexibility index (Phi) is 5.62. The maximum absolute atomic E-state index is 3.30. The Bertz CT molecular complexity index is 160. The van der Waals surface area contributed by atoms with Crippen LogP contribution >= 0.6 is 0 Å². The first-order valence-corrected chi connectivity index (χ1v) is 6.53. The third-order valence-electron chi connectivity index (χ3n) is 3.95. The SMILES string of the molecule is CNC(C)CCN1CCC(C(C)C)CC1. The van der Waals surface area contributed by atoms with E-state index in [-0.39, 0.29) is 0 Å². The minimum absolute atomic E-state index is 0.660. The van der Waals surface area contributed by atoms with Crippen molar-refractivity contribution in [3.05, 3.63) is 0 Å². The molecule has 1 unspecified atom stereocenters. The van der Waals surface area contributed by atoms with Crippen LogP contribution in [0.4, 0.5) is 0 Å². The molecular weight excluding hydrogens is 184 g/mol. The van der Waals surface area contributed by atoms with Gasteiger partial charge in [0.15, 0.2) is 0 Å². The standard InChI is InChI=1S/C13H28N2/c1-11(2)13-6-9-15(10-7-13)8-5-12(3)14-4/h11-14H,5-10H2,1-4H3. The van der Waals surface area contributed by atoms with Crippen LogP contribution in [0.15, 0.2) is 0 Å². The van der Waals surface area contributed by atoms with Gasteiger partial charge in [-0.15, -0.1) is 0 Å². The summed E-state index contributed by atoms with van der Waals surface area (Å²) in [5, 5.41) is 3.30. The molecule has 1 heterocycles. The first-order chi connectivity index (χ1) is 7.13. The fourth-order valence-electron chi connectivity index (χ4n) is 2.36. The Morgan fingerprint density at radius 1 is 1.20 bits per heavy atom. The highest BCUT2D eigenvalue weighted by atomic mass is 15.1. The van der Waals surface area contributed by atoms with E-state index in [2.05, 4.69) is 38.0 Å². The number of hydrogen-bond acceptors (Lipinski definition) is 2. The van der Waals surface area contributed by atoms with Gasteiger partial charge in [-0.05, 0) is 64.7 Å². The van der Waals surface area contributed by atoms with Crippen LogP contribution in [0.3, 0.4) is 0 Å². The Hall–Kier alpha value is -0.0800. The second-order valence-corrected chi connectivity index (χ2v) is 5.40. The van der Waals surface area contributed by atoms with Crippen molar-refractivity contribution in [2.45, 2.75) is 46.1 Å². The summed E-state index contributed by atoms with van der Waals surface area (Å²) in [6.07, 6.45) is 4.10. The summed E-state index contributed by atoms with van der Waals surface area (Å²) in [4.78, 5) is 2.63. The van der Waals surface area contributed by atoms with Gasteiger partial charge in [0.05, 0.1) is 0 Å². The van der Waals surface area contributed by atoms with Crippen LogP contribution in [-0.2, 0) is 0 Å². The van der Waals surface area contributed by atoms with Crippen LogP contribution in [0, 0.1) is 11.8 Å². The molecule has 90 valence electrons. The van der Waals surface area contributed by atoms with Gasteiger partial charge >= 0.3 is 0 Å². The molecule has 0 aliphatic carbocycles. The van der Waals surface area contributed by atoms with Gasteiger partial charge in [-0.2, -0.15) is 0 Å². The molecule has 1 aliphatic heterocycles. The van der Waals surface area contributed by atoms with E-state index < -0.39 is 0 Å². The van der Waals surface area contributed by atoms with Gasteiger partial charge in [0.25, 0.3) is 0 Å². The van der Waals surface area contributed by atoms with E-state index in [9.17, 15) is 0 Å². The molecule has 15 heavy (non-hydrogen) atoms. The van der Waals surface area contributed by atoms with E-state index in [0.717, 1.165) is 11.8 Å². The van der Waals surface area contributed by atoms with E-state index >= 15 is 0 Å². The number of hydrogen-bond donors (Lipinski definition) is 1. The first kappa shape index (κ1) is 13.0. The second-order valence-electron chi connectivity index (χ2n) is 5.40. The van der Waals surface area contributed by atoms with Crippen molar-refractivity contribution >= 4 is 0 Å². The van der Waals surface area contributed by atoms with Gasteiger partial charge in [-0.1, -0.05) is 13.8 Å². The number of nitrogens with one attached hydrogen (secondary N) is 1. The van der Waals surface area contributed by atoms with Crippen LogP contribution in [0.25, 0.3) is 0 Å². The van der Waals surface area contributed by atoms with Crippen LogP contribution in [0.1, 0.15) is 40.0 Å². The molecule has 1 N–H and O–H groups in total. The molecule has 0 saturated carbocycles. The summed E-state index contributed by atoms with van der Waals surface area (Å²) >= 11 is 0. The number of likely N-dealkylation sites (tertiary alicyclic amines) is 1. The lowest BCUT2D eigenvalue weighted by molar-refractivity contribution is 0.153. The molecule has 0 spiro atoms.